The highest BCUT2D eigenvalue weighted by Crippen LogP contribution is 2.25. The Labute approximate surface area is 113 Å². The second-order valence-electron chi connectivity index (χ2n) is 5.89. The molecule has 0 aliphatic carbocycles. The second-order valence-corrected chi connectivity index (χ2v) is 5.89. The first-order valence-corrected chi connectivity index (χ1v) is 6.54. The summed E-state index contributed by atoms with van der Waals surface area (Å²) in [6.45, 7) is 8.85. The normalized spacial score (nSPS) is 19.0. The Bertz CT molecular complexity index is 475. The van der Waals surface area contributed by atoms with E-state index in [4.69, 9.17) is 4.74 Å². The van der Waals surface area contributed by atoms with Crippen LogP contribution in [0.2, 0.25) is 0 Å². The molecule has 106 valence electrons. The van der Waals surface area contributed by atoms with Gasteiger partial charge in [0.1, 0.15) is 5.60 Å². The van der Waals surface area contributed by atoms with Crippen LogP contribution in [0.4, 0.5) is 10.5 Å². The molecule has 0 saturated carbocycles. The summed E-state index contributed by atoms with van der Waals surface area (Å²) >= 11 is 0. The number of rotatable bonds is 1. The van der Waals surface area contributed by atoms with Gasteiger partial charge in [-0.15, -0.1) is 0 Å². The van der Waals surface area contributed by atoms with E-state index < -0.39 is 5.60 Å². The number of hydrogen-bond acceptors (Lipinski definition) is 4. The first kappa shape index (κ1) is 13.7. The van der Waals surface area contributed by atoms with Gasteiger partial charge in [-0.2, -0.15) is 5.10 Å². The van der Waals surface area contributed by atoms with Crippen LogP contribution in [0.25, 0.3) is 0 Å². The molecule has 0 aromatic carbocycles. The van der Waals surface area contributed by atoms with Gasteiger partial charge < -0.3 is 10.1 Å². The van der Waals surface area contributed by atoms with Crippen LogP contribution in [-0.4, -0.2) is 39.5 Å². The molecule has 19 heavy (non-hydrogen) atoms. The minimum Gasteiger partial charge on any atom is -0.444 e. The highest BCUT2D eigenvalue weighted by Gasteiger charge is 2.32. The Morgan fingerprint density at radius 1 is 1.53 bits per heavy atom. The zero-order chi connectivity index (χ0) is 14.2. The molecule has 0 spiro atoms. The third-order valence-corrected chi connectivity index (χ3v) is 3.14. The van der Waals surface area contributed by atoms with E-state index in [-0.39, 0.29) is 12.1 Å². The molecule has 0 fully saturated rings. The summed E-state index contributed by atoms with van der Waals surface area (Å²) < 4.78 is 7.39. The van der Waals surface area contributed by atoms with Crippen molar-refractivity contribution in [3.63, 3.8) is 0 Å². The fourth-order valence-corrected chi connectivity index (χ4v) is 2.17. The molecule has 0 bridgehead atoms. The minimum atomic E-state index is -0.472. The Morgan fingerprint density at radius 3 is 2.79 bits per heavy atom. The van der Waals surface area contributed by atoms with E-state index in [0.717, 1.165) is 11.4 Å². The molecule has 0 saturated heterocycles. The Balaban J connectivity index is 2.18. The third-order valence-electron chi connectivity index (χ3n) is 3.14. The summed E-state index contributed by atoms with van der Waals surface area (Å²) in [6, 6.07) is 0.0759. The van der Waals surface area contributed by atoms with Gasteiger partial charge in [0, 0.05) is 7.05 Å². The molecule has 1 aliphatic heterocycles. The van der Waals surface area contributed by atoms with Gasteiger partial charge in [-0.05, 0) is 27.7 Å². The van der Waals surface area contributed by atoms with Crippen molar-refractivity contribution in [2.24, 2.45) is 0 Å². The largest absolute Gasteiger partial charge is 0.444 e. The molecule has 1 aromatic heterocycles. The van der Waals surface area contributed by atoms with E-state index in [1.54, 1.807) is 11.1 Å². The summed E-state index contributed by atoms with van der Waals surface area (Å²) in [7, 11) is 1.85. The van der Waals surface area contributed by atoms with Gasteiger partial charge in [0.05, 0.1) is 36.7 Å². The summed E-state index contributed by atoms with van der Waals surface area (Å²) in [5, 5.41) is 7.42. The van der Waals surface area contributed by atoms with Gasteiger partial charge >= 0.3 is 6.09 Å². The van der Waals surface area contributed by atoms with E-state index in [1.807, 2.05) is 39.4 Å². The van der Waals surface area contributed by atoms with E-state index >= 15 is 0 Å². The number of hydrogen-bond donors (Lipinski definition) is 1. The van der Waals surface area contributed by atoms with Crippen molar-refractivity contribution in [2.45, 2.75) is 52.4 Å². The van der Waals surface area contributed by atoms with Gasteiger partial charge in [-0.3, -0.25) is 9.58 Å². The van der Waals surface area contributed by atoms with E-state index in [0.29, 0.717) is 13.1 Å². The van der Waals surface area contributed by atoms with Gasteiger partial charge in [-0.1, -0.05) is 0 Å². The summed E-state index contributed by atoms with van der Waals surface area (Å²) in [5.41, 5.74) is 1.51. The maximum Gasteiger partial charge on any atom is 0.410 e. The molecule has 6 nitrogen and oxygen atoms in total. The number of carbonyl (C=O) groups excluding carboxylic acids is 1. The molecular weight excluding hydrogens is 244 g/mol. The van der Waals surface area contributed by atoms with Crippen molar-refractivity contribution in [1.29, 1.82) is 0 Å². The lowest BCUT2D eigenvalue weighted by molar-refractivity contribution is 0.00915. The van der Waals surface area contributed by atoms with Crippen LogP contribution in [0.5, 0.6) is 0 Å². The Hall–Kier alpha value is -1.72. The second kappa shape index (κ2) is 4.75. The van der Waals surface area contributed by atoms with Crippen LogP contribution in [0, 0.1) is 0 Å². The number of aromatic nitrogens is 2. The SMILES string of the molecule is CNc1cnn2c1CN(C(=O)OC(C)(C)C)C(C)C2. The molecular formula is C13H22N4O2. The summed E-state index contributed by atoms with van der Waals surface area (Å²) in [5.74, 6) is 0. The number of anilines is 1. The quantitative estimate of drug-likeness (QED) is 0.845. The smallest absolute Gasteiger partial charge is 0.410 e. The van der Waals surface area contributed by atoms with E-state index in [2.05, 4.69) is 10.4 Å². The summed E-state index contributed by atoms with van der Waals surface area (Å²) in [6.07, 6.45) is 1.52. The maximum absolute atomic E-state index is 12.2. The van der Waals surface area contributed by atoms with E-state index in [1.165, 1.54) is 0 Å². The molecule has 1 aromatic rings. The zero-order valence-electron chi connectivity index (χ0n) is 12.2. The van der Waals surface area contributed by atoms with Gasteiger partial charge in [0.2, 0.25) is 0 Å². The van der Waals surface area contributed by atoms with Crippen molar-refractivity contribution in [1.82, 2.24) is 14.7 Å². The van der Waals surface area contributed by atoms with Crippen LogP contribution < -0.4 is 5.32 Å². The Kier molecular flexibility index (Phi) is 3.43. The van der Waals surface area contributed by atoms with Crippen molar-refractivity contribution < 1.29 is 9.53 Å². The highest BCUT2D eigenvalue weighted by molar-refractivity contribution is 5.69. The number of carbonyl (C=O) groups is 1. The molecule has 1 unspecified atom stereocenters. The average molecular weight is 266 g/mol. The molecule has 2 rings (SSSR count). The molecule has 1 atom stereocenters. The molecule has 1 N–H and O–H groups in total. The topological polar surface area (TPSA) is 59.4 Å². The van der Waals surface area contributed by atoms with Gasteiger partial charge in [0.15, 0.2) is 0 Å². The minimum absolute atomic E-state index is 0.0759. The van der Waals surface area contributed by atoms with E-state index in [9.17, 15) is 4.79 Å². The number of ether oxygens (including phenoxy) is 1. The zero-order valence-corrected chi connectivity index (χ0v) is 12.2. The molecule has 0 radical (unpaired) electrons. The van der Waals surface area contributed by atoms with Crippen LogP contribution in [0.1, 0.15) is 33.4 Å². The highest BCUT2D eigenvalue weighted by atomic mass is 16.6. The first-order valence-electron chi connectivity index (χ1n) is 6.54. The van der Waals surface area contributed by atoms with Crippen molar-refractivity contribution in [2.75, 3.05) is 12.4 Å². The molecule has 2 heterocycles. The lowest BCUT2D eigenvalue weighted by Gasteiger charge is -2.35. The number of fused-ring (bicyclic) bond motifs is 1. The van der Waals surface area contributed by atoms with Crippen LogP contribution in [0.3, 0.4) is 0 Å². The van der Waals surface area contributed by atoms with Crippen LogP contribution in [0.15, 0.2) is 6.20 Å². The third kappa shape index (κ3) is 2.83. The first-order chi connectivity index (χ1) is 8.81. The fourth-order valence-electron chi connectivity index (χ4n) is 2.17. The maximum atomic E-state index is 12.2. The number of nitrogens with one attached hydrogen (secondary N) is 1. The van der Waals surface area contributed by atoms with Gasteiger partial charge in [-0.25, -0.2) is 4.79 Å². The van der Waals surface area contributed by atoms with Crippen molar-refractivity contribution in [3.05, 3.63) is 11.9 Å². The molecule has 1 amide bonds. The number of amides is 1. The van der Waals surface area contributed by atoms with Crippen molar-refractivity contribution >= 4 is 11.8 Å². The van der Waals surface area contributed by atoms with Gasteiger partial charge in [0.25, 0.3) is 0 Å². The lowest BCUT2D eigenvalue weighted by Crippen LogP contribution is -2.47. The number of nitrogens with zero attached hydrogens (tertiary/aromatic N) is 3. The van der Waals surface area contributed by atoms with Crippen LogP contribution >= 0.6 is 0 Å². The predicted molar refractivity (Wildman–Crippen MR) is 73.0 cm³/mol. The standard InChI is InChI=1S/C13H22N4O2/c1-9-7-17-11(10(14-5)6-15-17)8-16(9)12(18)19-13(2,3)4/h6,9,14H,7-8H2,1-5H3. The monoisotopic (exact) mass is 266 g/mol. The Morgan fingerprint density at radius 2 is 2.21 bits per heavy atom. The predicted octanol–water partition coefficient (Wildman–Crippen LogP) is 2.06. The van der Waals surface area contributed by atoms with Crippen LogP contribution in [-0.2, 0) is 17.8 Å². The summed E-state index contributed by atoms with van der Waals surface area (Å²) in [4.78, 5) is 14.0. The average Bonchev–Trinajstić information content (AvgIpc) is 2.67. The lowest BCUT2D eigenvalue weighted by atomic mass is 10.2. The molecule has 6 heteroatoms. The molecule has 1 aliphatic rings. The fraction of sp³-hybridized carbons (Fsp3) is 0.692. The van der Waals surface area contributed by atoms with Crippen molar-refractivity contribution in [3.8, 4) is 0 Å².